The SMILES string of the molecule is CCCNC(=O)Cn1nc(-c2ccc(C)cc2)c2sc(C)nc2c1=O. The molecule has 6 nitrogen and oxygen atoms in total. The van der Waals surface area contributed by atoms with Crippen LogP contribution in [0.1, 0.15) is 23.9 Å². The largest absolute Gasteiger partial charge is 0.355 e. The van der Waals surface area contributed by atoms with E-state index in [4.69, 9.17) is 0 Å². The van der Waals surface area contributed by atoms with Gasteiger partial charge in [-0.1, -0.05) is 36.8 Å². The van der Waals surface area contributed by atoms with Crippen molar-refractivity contribution in [2.24, 2.45) is 0 Å². The highest BCUT2D eigenvalue weighted by molar-refractivity contribution is 7.19. The van der Waals surface area contributed by atoms with Crippen molar-refractivity contribution < 1.29 is 4.79 Å². The summed E-state index contributed by atoms with van der Waals surface area (Å²) in [7, 11) is 0. The third kappa shape index (κ3) is 3.61. The molecule has 25 heavy (non-hydrogen) atoms. The smallest absolute Gasteiger partial charge is 0.294 e. The molecule has 2 heterocycles. The molecule has 1 N–H and O–H groups in total. The van der Waals surface area contributed by atoms with Crippen molar-refractivity contribution in [3.63, 3.8) is 0 Å². The van der Waals surface area contributed by atoms with Crippen LogP contribution in [0.4, 0.5) is 0 Å². The summed E-state index contributed by atoms with van der Waals surface area (Å²) in [5, 5.41) is 8.05. The van der Waals surface area contributed by atoms with Gasteiger partial charge >= 0.3 is 0 Å². The van der Waals surface area contributed by atoms with E-state index in [9.17, 15) is 9.59 Å². The second-order valence-corrected chi connectivity index (χ2v) is 7.14. The number of benzene rings is 1. The van der Waals surface area contributed by atoms with E-state index < -0.39 is 0 Å². The quantitative estimate of drug-likeness (QED) is 0.762. The molecule has 1 aromatic carbocycles. The van der Waals surface area contributed by atoms with Crippen LogP contribution in [0.15, 0.2) is 29.1 Å². The maximum Gasteiger partial charge on any atom is 0.294 e. The Hall–Kier alpha value is -2.54. The molecule has 1 amide bonds. The Kier molecular flexibility index (Phi) is 4.94. The van der Waals surface area contributed by atoms with E-state index in [1.807, 2.05) is 45.0 Å². The normalized spacial score (nSPS) is 11.0. The summed E-state index contributed by atoms with van der Waals surface area (Å²) >= 11 is 1.45. The summed E-state index contributed by atoms with van der Waals surface area (Å²) in [6.45, 7) is 6.33. The number of aryl methyl sites for hydroxylation is 2. The first-order chi connectivity index (χ1) is 12.0. The maximum absolute atomic E-state index is 12.7. The highest BCUT2D eigenvalue weighted by Crippen LogP contribution is 2.29. The molecule has 0 atom stereocenters. The number of rotatable bonds is 5. The maximum atomic E-state index is 12.7. The minimum absolute atomic E-state index is 0.107. The first-order valence-electron chi connectivity index (χ1n) is 8.21. The van der Waals surface area contributed by atoms with Crippen LogP contribution in [0, 0.1) is 13.8 Å². The second kappa shape index (κ2) is 7.14. The molecule has 0 spiro atoms. The van der Waals surface area contributed by atoms with Crippen molar-refractivity contribution in [2.45, 2.75) is 33.7 Å². The van der Waals surface area contributed by atoms with Gasteiger partial charge in [0.2, 0.25) is 5.91 Å². The van der Waals surface area contributed by atoms with Crippen LogP contribution >= 0.6 is 11.3 Å². The predicted molar refractivity (Wildman–Crippen MR) is 99.9 cm³/mol. The van der Waals surface area contributed by atoms with E-state index >= 15 is 0 Å². The summed E-state index contributed by atoms with van der Waals surface area (Å²) < 4.78 is 1.97. The summed E-state index contributed by atoms with van der Waals surface area (Å²) in [6.07, 6.45) is 0.840. The lowest BCUT2D eigenvalue weighted by Crippen LogP contribution is -2.34. The third-order valence-electron chi connectivity index (χ3n) is 3.80. The van der Waals surface area contributed by atoms with Crippen LogP contribution in [0.5, 0.6) is 0 Å². The minimum atomic E-state index is -0.332. The number of hydrogen-bond acceptors (Lipinski definition) is 5. The molecular formula is C18H20N4O2S. The van der Waals surface area contributed by atoms with Gasteiger partial charge in [-0.25, -0.2) is 9.67 Å². The Morgan fingerprint density at radius 1 is 1.24 bits per heavy atom. The Bertz CT molecular complexity index is 973. The summed E-state index contributed by atoms with van der Waals surface area (Å²) in [6, 6.07) is 7.94. The molecule has 2 aromatic heterocycles. The van der Waals surface area contributed by atoms with Gasteiger partial charge in [0, 0.05) is 12.1 Å². The Labute approximate surface area is 149 Å². The topological polar surface area (TPSA) is 76.9 Å². The average molecular weight is 356 g/mol. The van der Waals surface area contributed by atoms with Crippen molar-refractivity contribution in [1.29, 1.82) is 0 Å². The monoisotopic (exact) mass is 356 g/mol. The van der Waals surface area contributed by atoms with Crippen molar-refractivity contribution in [3.8, 4) is 11.3 Å². The van der Waals surface area contributed by atoms with E-state index in [1.54, 1.807) is 0 Å². The molecular weight excluding hydrogens is 336 g/mol. The number of aromatic nitrogens is 3. The van der Waals surface area contributed by atoms with Crippen molar-refractivity contribution in [1.82, 2.24) is 20.1 Å². The zero-order valence-corrected chi connectivity index (χ0v) is 15.3. The lowest BCUT2D eigenvalue weighted by Gasteiger charge is -2.09. The second-order valence-electron chi connectivity index (χ2n) is 5.94. The first-order valence-corrected chi connectivity index (χ1v) is 9.03. The number of nitrogens with zero attached hydrogens (tertiary/aromatic N) is 3. The summed E-state index contributed by atoms with van der Waals surface area (Å²) in [5.74, 6) is -0.224. The van der Waals surface area contributed by atoms with Crippen molar-refractivity contribution in [3.05, 3.63) is 45.2 Å². The molecule has 0 fully saturated rings. The molecule has 0 aliphatic carbocycles. The lowest BCUT2D eigenvalue weighted by atomic mass is 10.1. The van der Waals surface area contributed by atoms with Gasteiger partial charge in [-0.05, 0) is 20.3 Å². The van der Waals surface area contributed by atoms with Crippen molar-refractivity contribution in [2.75, 3.05) is 6.54 Å². The number of thiazole rings is 1. The number of hydrogen-bond donors (Lipinski definition) is 1. The fourth-order valence-corrected chi connectivity index (χ4v) is 3.45. The van der Waals surface area contributed by atoms with E-state index in [1.165, 1.54) is 16.0 Å². The van der Waals surface area contributed by atoms with Crippen LogP contribution < -0.4 is 10.9 Å². The third-order valence-corrected chi connectivity index (χ3v) is 4.77. The van der Waals surface area contributed by atoms with Gasteiger partial charge in [-0.15, -0.1) is 11.3 Å². The van der Waals surface area contributed by atoms with Crippen LogP contribution in [-0.4, -0.2) is 27.2 Å². The molecule has 0 saturated heterocycles. The number of carbonyl (C=O) groups excluding carboxylic acids is 1. The Balaban J connectivity index is 2.12. The van der Waals surface area contributed by atoms with Gasteiger partial charge in [-0.2, -0.15) is 5.10 Å². The van der Waals surface area contributed by atoms with Crippen LogP contribution in [0.25, 0.3) is 21.5 Å². The zero-order valence-electron chi connectivity index (χ0n) is 14.5. The van der Waals surface area contributed by atoms with Gasteiger partial charge < -0.3 is 5.32 Å². The highest BCUT2D eigenvalue weighted by atomic mass is 32.1. The molecule has 3 rings (SSSR count). The van der Waals surface area contributed by atoms with E-state index in [0.717, 1.165) is 27.3 Å². The number of amides is 1. The van der Waals surface area contributed by atoms with Gasteiger partial charge in [0.25, 0.3) is 5.56 Å². The fraction of sp³-hybridized carbons (Fsp3) is 0.333. The standard InChI is InChI=1S/C18H20N4O2S/c1-4-9-19-14(23)10-22-18(24)16-17(25-12(3)20-16)15(21-22)13-7-5-11(2)6-8-13/h5-8H,4,9-10H2,1-3H3,(H,19,23). The molecule has 130 valence electrons. The number of nitrogens with one attached hydrogen (secondary N) is 1. The van der Waals surface area contributed by atoms with Gasteiger partial charge in [0.05, 0.1) is 9.71 Å². The molecule has 3 aromatic rings. The molecule has 0 aliphatic heterocycles. The van der Waals surface area contributed by atoms with Gasteiger partial charge in [0.1, 0.15) is 12.2 Å². The van der Waals surface area contributed by atoms with Crippen molar-refractivity contribution >= 4 is 27.5 Å². The highest BCUT2D eigenvalue weighted by Gasteiger charge is 2.17. The molecule has 0 aliphatic rings. The minimum Gasteiger partial charge on any atom is -0.355 e. The Morgan fingerprint density at radius 2 is 1.96 bits per heavy atom. The summed E-state index contributed by atoms with van der Waals surface area (Å²) in [4.78, 5) is 29.0. The molecule has 7 heteroatoms. The molecule has 0 bridgehead atoms. The van der Waals surface area contributed by atoms with Gasteiger partial charge in [0.15, 0.2) is 5.52 Å². The molecule has 0 unspecified atom stereocenters. The Morgan fingerprint density at radius 3 is 2.64 bits per heavy atom. The fourth-order valence-electron chi connectivity index (χ4n) is 2.53. The van der Waals surface area contributed by atoms with Crippen LogP contribution in [0.2, 0.25) is 0 Å². The van der Waals surface area contributed by atoms with Crippen LogP contribution in [0.3, 0.4) is 0 Å². The first kappa shape index (κ1) is 17.3. The predicted octanol–water partition coefficient (Wildman–Crippen LogP) is 2.66. The van der Waals surface area contributed by atoms with E-state index in [2.05, 4.69) is 15.4 Å². The molecule has 0 saturated carbocycles. The van der Waals surface area contributed by atoms with Gasteiger partial charge in [-0.3, -0.25) is 9.59 Å². The van der Waals surface area contributed by atoms with E-state index in [-0.39, 0.29) is 18.0 Å². The average Bonchev–Trinajstić information content (AvgIpc) is 2.98. The number of fused-ring (bicyclic) bond motifs is 1. The number of carbonyl (C=O) groups is 1. The molecule has 0 radical (unpaired) electrons. The summed E-state index contributed by atoms with van der Waals surface area (Å²) in [5.41, 5.74) is 2.77. The zero-order chi connectivity index (χ0) is 18.0. The van der Waals surface area contributed by atoms with Crippen LogP contribution in [-0.2, 0) is 11.3 Å². The lowest BCUT2D eigenvalue weighted by molar-refractivity contribution is -0.121. The van der Waals surface area contributed by atoms with E-state index in [0.29, 0.717) is 17.8 Å².